The van der Waals surface area contributed by atoms with Gasteiger partial charge in [-0.1, -0.05) is 24.3 Å². The summed E-state index contributed by atoms with van der Waals surface area (Å²) in [5.74, 6) is 0.605. The molecule has 1 heterocycles. The number of carbonyl (C=O) groups excluding carboxylic acids is 1. The van der Waals surface area contributed by atoms with E-state index in [-0.39, 0.29) is 6.03 Å². The number of ether oxygens (including phenoxy) is 2. The molecule has 0 radical (unpaired) electrons. The summed E-state index contributed by atoms with van der Waals surface area (Å²) in [4.78, 5) is 16.8. The number of para-hydroxylation sites is 1. The predicted molar refractivity (Wildman–Crippen MR) is 103 cm³/mol. The van der Waals surface area contributed by atoms with E-state index in [2.05, 4.69) is 15.6 Å². The summed E-state index contributed by atoms with van der Waals surface area (Å²) in [6.45, 7) is 2.85. The molecule has 0 atom stereocenters. The number of fused-ring (bicyclic) bond motifs is 1. The van der Waals surface area contributed by atoms with E-state index in [9.17, 15) is 4.79 Å². The Kier molecular flexibility index (Phi) is 5.66. The van der Waals surface area contributed by atoms with Crippen LogP contribution in [-0.2, 0) is 4.74 Å². The van der Waals surface area contributed by atoms with E-state index in [1.54, 1.807) is 13.3 Å². The van der Waals surface area contributed by atoms with Crippen LogP contribution < -0.4 is 15.4 Å². The van der Waals surface area contributed by atoms with Crippen LogP contribution in [0, 0.1) is 6.92 Å². The van der Waals surface area contributed by atoms with E-state index in [4.69, 9.17) is 9.47 Å². The summed E-state index contributed by atoms with van der Waals surface area (Å²) in [5, 5.41) is 6.65. The molecular formula is C20H21N3O3. The molecule has 0 aliphatic heterocycles. The zero-order chi connectivity index (χ0) is 18.4. The highest BCUT2D eigenvalue weighted by Gasteiger charge is 2.10. The van der Waals surface area contributed by atoms with Gasteiger partial charge >= 0.3 is 6.03 Å². The van der Waals surface area contributed by atoms with Crippen LogP contribution >= 0.6 is 0 Å². The molecule has 2 N–H and O–H groups in total. The number of nitrogens with zero attached hydrogens (tertiary/aromatic N) is 1. The number of nitrogens with one attached hydrogen (secondary N) is 2. The Bertz CT molecular complexity index is 906. The van der Waals surface area contributed by atoms with Gasteiger partial charge < -0.3 is 20.1 Å². The number of anilines is 2. The molecule has 1 aromatic heterocycles. The van der Waals surface area contributed by atoms with Gasteiger partial charge in [0.1, 0.15) is 12.4 Å². The molecule has 3 rings (SSSR count). The van der Waals surface area contributed by atoms with E-state index in [0.29, 0.717) is 30.3 Å². The van der Waals surface area contributed by atoms with E-state index in [1.807, 2.05) is 55.5 Å². The minimum atomic E-state index is -0.358. The molecular weight excluding hydrogens is 330 g/mol. The summed E-state index contributed by atoms with van der Waals surface area (Å²) in [6, 6.07) is 14.7. The molecule has 2 amide bonds. The topological polar surface area (TPSA) is 72.5 Å². The monoisotopic (exact) mass is 351 g/mol. The number of hydrogen-bond donors (Lipinski definition) is 2. The van der Waals surface area contributed by atoms with Gasteiger partial charge in [-0.3, -0.25) is 4.98 Å². The van der Waals surface area contributed by atoms with Crippen LogP contribution in [0.3, 0.4) is 0 Å². The fraction of sp³-hybridized carbons (Fsp3) is 0.200. The number of amides is 2. The van der Waals surface area contributed by atoms with Crippen molar-refractivity contribution in [2.45, 2.75) is 6.92 Å². The predicted octanol–water partition coefficient (Wildman–Crippen LogP) is 4.21. The van der Waals surface area contributed by atoms with Crippen molar-refractivity contribution in [3.05, 3.63) is 60.3 Å². The van der Waals surface area contributed by atoms with Crippen molar-refractivity contribution in [2.24, 2.45) is 0 Å². The highest BCUT2D eigenvalue weighted by Crippen LogP contribution is 2.26. The van der Waals surface area contributed by atoms with E-state index >= 15 is 0 Å². The highest BCUT2D eigenvalue weighted by molar-refractivity contribution is 6.05. The third-order valence-electron chi connectivity index (χ3n) is 3.81. The SMILES string of the molecule is COCCOc1cc(C)ccc1NC(=O)Nc1cccc2cccnc12. The quantitative estimate of drug-likeness (QED) is 0.653. The van der Waals surface area contributed by atoms with Crippen molar-refractivity contribution in [3.63, 3.8) is 0 Å². The number of rotatable bonds is 6. The van der Waals surface area contributed by atoms with E-state index in [0.717, 1.165) is 16.5 Å². The molecule has 3 aromatic rings. The second-order valence-corrected chi connectivity index (χ2v) is 5.80. The number of hydrogen-bond acceptors (Lipinski definition) is 4. The standard InChI is InChI=1S/C20H21N3O3/c1-14-8-9-16(18(13-14)26-12-11-25-2)22-20(24)23-17-7-3-5-15-6-4-10-21-19(15)17/h3-10,13H,11-12H2,1-2H3,(H2,22,23,24). The third kappa shape index (κ3) is 4.29. The molecule has 0 fully saturated rings. The van der Waals surface area contributed by atoms with Crippen LogP contribution in [0.15, 0.2) is 54.7 Å². The normalized spacial score (nSPS) is 10.5. The number of aromatic nitrogens is 1. The van der Waals surface area contributed by atoms with Gasteiger partial charge in [0, 0.05) is 18.7 Å². The summed E-state index contributed by atoms with van der Waals surface area (Å²) < 4.78 is 10.7. The molecule has 2 aromatic carbocycles. The van der Waals surface area contributed by atoms with Crippen LogP contribution in [0.1, 0.15) is 5.56 Å². The molecule has 6 heteroatoms. The van der Waals surface area contributed by atoms with Gasteiger partial charge in [0.15, 0.2) is 0 Å². The lowest BCUT2D eigenvalue weighted by molar-refractivity contribution is 0.146. The number of pyridine rings is 1. The first-order valence-electron chi connectivity index (χ1n) is 8.31. The Hall–Kier alpha value is -3.12. The minimum absolute atomic E-state index is 0.358. The molecule has 26 heavy (non-hydrogen) atoms. The average Bonchev–Trinajstić information content (AvgIpc) is 2.64. The fourth-order valence-corrected chi connectivity index (χ4v) is 2.57. The van der Waals surface area contributed by atoms with Crippen LogP contribution in [-0.4, -0.2) is 31.3 Å². The Morgan fingerprint density at radius 3 is 2.69 bits per heavy atom. The molecule has 0 aliphatic rings. The van der Waals surface area contributed by atoms with Gasteiger partial charge in [-0.2, -0.15) is 0 Å². The van der Waals surface area contributed by atoms with Gasteiger partial charge in [-0.15, -0.1) is 0 Å². The first-order valence-corrected chi connectivity index (χ1v) is 8.31. The maximum Gasteiger partial charge on any atom is 0.323 e. The molecule has 0 saturated heterocycles. The zero-order valence-electron chi connectivity index (χ0n) is 14.8. The zero-order valence-corrected chi connectivity index (χ0v) is 14.8. The van der Waals surface area contributed by atoms with Gasteiger partial charge in [0.05, 0.1) is 23.5 Å². The number of methoxy groups -OCH3 is 1. The second-order valence-electron chi connectivity index (χ2n) is 5.80. The van der Waals surface area contributed by atoms with Crippen molar-refractivity contribution in [1.29, 1.82) is 0 Å². The van der Waals surface area contributed by atoms with Gasteiger partial charge in [0.25, 0.3) is 0 Å². The Morgan fingerprint density at radius 2 is 1.85 bits per heavy atom. The lowest BCUT2D eigenvalue weighted by Crippen LogP contribution is -2.20. The van der Waals surface area contributed by atoms with E-state index < -0.39 is 0 Å². The van der Waals surface area contributed by atoms with Gasteiger partial charge in [-0.25, -0.2) is 4.79 Å². The molecule has 0 saturated carbocycles. The summed E-state index contributed by atoms with van der Waals surface area (Å²) in [7, 11) is 1.62. The van der Waals surface area contributed by atoms with Crippen LogP contribution in [0.5, 0.6) is 5.75 Å². The summed E-state index contributed by atoms with van der Waals surface area (Å²) >= 11 is 0. The lowest BCUT2D eigenvalue weighted by atomic mass is 10.2. The van der Waals surface area contributed by atoms with Gasteiger partial charge in [-0.05, 0) is 36.8 Å². The van der Waals surface area contributed by atoms with Crippen LogP contribution in [0.4, 0.5) is 16.2 Å². The number of aryl methyl sites for hydroxylation is 1. The first-order chi connectivity index (χ1) is 12.7. The largest absolute Gasteiger partial charge is 0.489 e. The van der Waals surface area contributed by atoms with Crippen molar-refractivity contribution in [3.8, 4) is 5.75 Å². The van der Waals surface area contributed by atoms with E-state index in [1.165, 1.54) is 0 Å². The number of carbonyl (C=O) groups is 1. The number of benzene rings is 2. The van der Waals surface area contributed by atoms with Crippen molar-refractivity contribution in [2.75, 3.05) is 31.0 Å². The Labute approximate surface area is 152 Å². The Balaban J connectivity index is 1.75. The highest BCUT2D eigenvalue weighted by atomic mass is 16.5. The van der Waals surface area contributed by atoms with Crippen molar-refractivity contribution < 1.29 is 14.3 Å². The molecule has 0 spiro atoms. The maximum absolute atomic E-state index is 12.5. The fourth-order valence-electron chi connectivity index (χ4n) is 2.57. The average molecular weight is 351 g/mol. The lowest BCUT2D eigenvalue weighted by Gasteiger charge is -2.14. The molecule has 134 valence electrons. The second kappa shape index (κ2) is 8.31. The van der Waals surface area contributed by atoms with Crippen LogP contribution in [0.25, 0.3) is 10.9 Å². The minimum Gasteiger partial charge on any atom is -0.489 e. The first kappa shape index (κ1) is 17.7. The Morgan fingerprint density at radius 1 is 1.04 bits per heavy atom. The summed E-state index contributed by atoms with van der Waals surface area (Å²) in [6.07, 6.45) is 1.70. The van der Waals surface area contributed by atoms with Crippen molar-refractivity contribution >= 4 is 28.3 Å². The molecule has 6 nitrogen and oxygen atoms in total. The summed E-state index contributed by atoms with van der Waals surface area (Å²) in [5.41, 5.74) is 3.03. The van der Waals surface area contributed by atoms with Gasteiger partial charge in [0.2, 0.25) is 0 Å². The number of urea groups is 1. The van der Waals surface area contributed by atoms with Crippen molar-refractivity contribution in [1.82, 2.24) is 4.98 Å². The molecule has 0 aliphatic carbocycles. The van der Waals surface area contributed by atoms with Crippen LogP contribution in [0.2, 0.25) is 0 Å². The third-order valence-corrected chi connectivity index (χ3v) is 3.81. The smallest absolute Gasteiger partial charge is 0.323 e. The molecule has 0 bridgehead atoms. The maximum atomic E-state index is 12.5. The molecule has 0 unspecified atom stereocenters.